The summed E-state index contributed by atoms with van der Waals surface area (Å²) in [5.74, 6) is 0.547. The molecule has 0 aliphatic heterocycles. The van der Waals surface area contributed by atoms with Gasteiger partial charge in [-0.05, 0) is 73.4 Å². The molecule has 0 fully saturated rings. The Morgan fingerprint density at radius 1 is 0.927 bits per heavy atom. The third-order valence-electron chi connectivity index (χ3n) is 7.64. The molecule has 5 heteroatoms. The summed E-state index contributed by atoms with van der Waals surface area (Å²) in [6, 6.07) is 18.7. The summed E-state index contributed by atoms with van der Waals surface area (Å²) < 4.78 is 1.23. The van der Waals surface area contributed by atoms with Crippen LogP contribution in [0, 0.1) is 45.6 Å². The minimum Gasteiger partial charge on any atom is -0.512 e. The number of aliphatic hydroxyl groups excluding tert-OH is 1. The zero-order chi connectivity index (χ0) is 29.4. The first-order valence-electron chi connectivity index (χ1n) is 14.5. The van der Waals surface area contributed by atoms with Gasteiger partial charge in [-0.25, -0.2) is 0 Å². The van der Waals surface area contributed by atoms with Crippen LogP contribution in [0.5, 0.6) is 0 Å². The molecule has 0 saturated carbocycles. The number of aliphatic hydroxyl groups is 1. The van der Waals surface area contributed by atoms with Crippen LogP contribution in [0.15, 0.2) is 60.5 Å². The molecule has 2 aromatic heterocycles. The van der Waals surface area contributed by atoms with Gasteiger partial charge in [0.05, 0.1) is 10.5 Å². The number of ketones is 1. The minimum atomic E-state index is 0. The van der Waals surface area contributed by atoms with E-state index in [0.717, 1.165) is 42.5 Å². The van der Waals surface area contributed by atoms with E-state index in [-0.39, 0.29) is 43.5 Å². The maximum absolute atomic E-state index is 11.7. The van der Waals surface area contributed by atoms with Gasteiger partial charge in [0.2, 0.25) is 0 Å². The summed E-state index contributed by atoms with van der Waals surface area (Å²) in [4.78, 5) is 17.7. The number of carbonyl (C=O) groups is 1. The fourth-order valence-electron chi connectivity index (χ4n) is 5.23. The Morgan fingerprint density at radius 3 is 2.10 bits per heavy atom. The van der Waals surface area contributed by atoms with Crippen molar-refractivity contribution in [3.05, 3.63) is 88.8 Å². The molecule has 4 aromatic rings. The van der Waals surface area contributed by atoms with Gasteiger partial charge in [-0.3, -0.25) is 4.79 Å². The van der Waals surface area contributed by atoms with E-state index in [4.69, 9.17) is 4.98 Å². The standard InChI is InChI=1S/C23H20NS.C13H24O2.Ir/c1-14-8-15(2)10-18(9-14)20-11-19-12-21(25-22(19)13-24-20)23-16(3)6-5-7-17(23)4;1-5-10(6-2)12(14)9-13(15)11(7-3)8-4;/h5-9,11-13H,1-4H3;9-11,14H,5-8H2,1-4H3;/q-1;;/b;12-9-;. The van der Waals surface area contributed by atoms with Gasteiger partial charge in [0.15, 0.2) is 5.78 Å². The van der Waals surface area contributed by atoms with Gasteiger partial charge in [-0.2, -0.15) is 0 Å². The summed E-state index contributed by atoms with van der Waals surface area (Å²) in [7, 11) is 0. The number of benzene rings is 2. The number of rotatable bonds is 9. The van der Waals surface area contributed by atoms with Crippen molar-refractivity contribution in [2.45, 2.75) is 81.1 Å². The molecular weight excluding hydrogens is 703 g/mol. The molecule has 0 spiro atoms. The van der Waals surface area contributed by atoms with Crippen molar-refractivity contribution in [2.24, 2.45) is 11.8 Å². The Labute approximate surface area is 264 Å². The molecule has 2 aromatic carbocycles. The van der Waals surface area contributed by atoms with Crippen molar-refractivity contribution in [1.82, 2.24) is 4.98 Å². The zero-order valence-electron chi connectivity index (χ0n) is 25.7. The Hall–Kier alpha value is -2.59. The molecule has 221 valence electrons. The third kappa shape index (κ3) is 8.95. The van der Waals surface area contributed by atoms with Crippen LogP contribution >= 0.6 is 11.3 Å². The molecule has 4 rings (SSSR count). The van der Waals surface area contributed by atoms with Crippen molar-refractivity contribution in [1.29, 1.82) is 0 Å². The molecule has 0 aliphatic rings. The molecule has 0 amide bonds. The molecule has 3 nitrogen and oxygen atoms in total. The Bertz CT molecular complexity index is 1440. The smallest absolute Gasteiger partial charge is 0.162 e. The largest absolute Gasteiger partial charge is 0.512 e. The molecule has 0 bridgehead atoms. The number of fused-ring (bicyclic) bond motifs is 1. The number of hydrogen-bond acceptors (Lipinski definition) is 4. The van der Waals surface area contributed by atoms with E-state index >= 15 is 0 Å². The SMILES string of the molecule is CCC(CC)C(=O)/C=C(\O)C(CC)CC.Cc1[c-]c(-c2cc3cc(-c4c(C)cccc4C)sc3cn2)cc(C)c1.[Ir]. The molecule has 1 radical (unpaired) electrons. The number of hydrogen-bond donors (Lipinski definition) is 1. The molecule has 0 unspecified atom stereocenters. The van der Waals surface area contributed by atoms with E-state index in [1.165, 1.54) is 43.3 Å². The predicted octanol–water partition coefficient (Wildman–Crippen LogP) is 10.5. The number of allylic oxidation sites excluding steroid dienone is 2. The van der Waals surface area contributed by atoms with Crippen LogP contribution in [0.2, 0.25) is 0 Å². The molecule has 0 saturated heterocycles. The number of pyridine rings is 1. The van der Waals surface area contributed by atoms with Gasteiger partial charge in [0.1, 0.15) is 0 Å². The van der Waals surface area contributed by atoms with Crippen LogP contribution in [-0.4, -0.2) is 15.9 Å². The summed E-state index contributed by atoms with van der Waals surface area (Å²) in [6.45, 7) is 16.6. The molecule has 0 aliphatic carbocycles. The van der Waals surface area contributed by atoms with Crippen molar-refractivity contribution in [2.75, 3.05) is 0 Å². The van der Waals surface area contributed by atoms with E-state index in [0.29, 0.717) is 0 Å². The van der Waals surface area contributed by atoms with Gasteiger partial charge in [-0.15, -0.1) is 46.2 Å². The fourth-order valence-corrected chi connectivity index (χ4v) is 6.42. The van der Waals surface area contributed by atoms with E-state index < -0.39 is 0 Å². The van der Waals surface area contributed by atoms with Crippen LogP contribution in [0.25, 0.3) is 31.8 Å². The van der Waals surface area contributed by atoms with Gasteiger partial charge < -0.3 is 10.1 Å². The van der Waals surface area contributed by atoms with Crippen LogP contribution in [0.4, 0.5) is 0 Å². The number of nitrogens with zero attached hydrogens (tertiary/aromatic N) is 1. The number of aromatic nitrogens is 1. The van der Waals surface area contributed by atoms with Gasteiger partial charge in [0, 0.05) is 49.1 Å². The van der Waals surface area contributed by atoms with Gasteiger partial charge >= 0.3 is 0 Å². The molecule has 2 heterocycles. The maximum Gasteiger partial charge on any atom is 0.162 e. The first kappa shape index (κ1) is 34.6. The number of thiophene rings is 1. The summed E-state index contributed by atoms with van der Waals surface area (Å²) in [6.07, 6.45) is 6.90. The normalized spacial score (nSPS) is 11.4. The van der Waals surface area contributed by atoms with Gasteiger partial charge in [-0.1, -0.05) is 65.8 Å². The molecule has 1 N–H and O–H groups in total. The maximum atomic E-state index is 11.7. The van der Waals surface area contributed by atoms with Crippen molar-refractivity contribution < 1.29 is 30.0 Å². The second kappa shape index (κ2) is 16.2. The summed E-state index contributed by atoms with van der Waals surface area (Å²) in [5.41, 5.74) is 8.45. The van der Waals surface area contributed by atoms with Crippen LogP contribution < -0.4 is 0 Å². The van der Waals surface area contributed by atoms with Crippen molar-refractivity contribution >= 4 is 27.2 Å². The third-order valence-corrected chi connectivity index (χ3v) is 8.74. The van der Waals surface area contributed by atoms with Crippen molar-refractivity contribution in [3.63, 3.8) is 0 Å². The minimum absolute atomic E-state index is 0. The van der Waals surface area contributed by atoms with Crippen LogP contribution in [0.1, 0.15) is 75.6 Å². The molecular formula is C36H44IrNO2S-. The Kier molecular flexibility index (Phi) is 13.6. The van der Waals surface area contributed by atoms with Crippen molar-refractivity contribution in [3.8, 4) is 21.7 Å². The van der Waals surface area contributed by atoms with Crippen LogP contribution in [0.3, 0.4) is 0 Å². The summed E-state index contributed by atoms with van der Waals surface area (Å²) in [5, 5.41) is 11.0. The van der Waals surface area contributed by atoms with Crippen LogP contribution in [-0.2, 0) is 24.9 Å². The summed E-state index contributed by atoms with van der Waals surface area (Å²) >= 11 is 1.82. The average molecular weight is 747 g/mol. The molecule has 0 atom stereocenters. The number of carbonyl (C=O) groups excluding carboxylic acids is 1. The fraction of sp³-hybridized carbons (Fsp3) is 0.389. The average Bonchev–Trinajstić information content (AvgIpc) is 3.32. The van der Waals surface area contributed by atoms with E-state index in [1.807, 2.05) is 45.2 Å². The quantitative estimate of drug-likeness (QED) is 0.105. The zero-order valence-corrected chi connectivity index (χ0v) is 28.9. The topological polar surface area (TPSA) is 50.2 Å². The van der Waals surface area contributed by atoms with E-state index in [9.17, 15) is 9.90 Å². The first-order chi connectivity index (χ1) is 19.1. The second-order valence-electron chi connectivity index (χ2n) is 10.7. The second-order valence-corrected chi connectivity index (χ2v) is 11.8. The Balaban J connectivity index is 0.000000320. The number of aryl methyl sites for hydroxylation is 4. The predicted molar refractivity (Wildman–Crippen MR) is 172 cm³/mol. The van der Waals surface area contributed by atoms with E-state index in [1.54, 1.807) is 0 Å². The molecule has 41 heavy (non-hydrogen) atoms. The monoisotopic (exact) mass is 747 g/mol. The first-order valence-corrected chi connectivity index (χ1v) is 15.3. The van der Waals surface area contributed by atoms with Gasteiger partial charge in [0.25, 0.3) is 0 Å². The van der Waals surface area contributed by atoms with E-state index in [2.05, 4.69) is 76.2 Å². The Morgan fingerprint density at radius 2 is 1.54 bits per heavy atom.